The molecule has 0 spiro atoms. The van der Waals surface area contributed by atoms with Crippen molar-refractivity contribution >= 4 is 23.1 Å². The highest BCUT2D eigenvalue weighted by molar-refractivity contribution is 5.94. The molecule has 4 aromatic rings. The number of carboxylic acid groups (broad SMARTS) is 1. The van der Waals surface area contributed by atoms with Crippen LogP contribution in [0.3, 0.4) is 0 Å². The number of para-hydroxylation sites is 1. The number of carboxylic acids is 1. The van der Waals surface area contributed by atoms with E-state index in [2.05, 4.69) is 10.2 Å². The number of carbonyl (C=O) groups is 1. The Morgan fingerprint density at radius 1 is 1.11 bits per heavy atom. The van der Waals surface area contributed by atoms with Crippen molar-refractivity contribution in [2.45, 2.75) is 46.5 Å². The van der Waals surface area contributed by atoms with Gasteiger partial charge in [-0.15, -0.1) is 0 Å². The minimum absolute atomic E-state index is 0.0134. The summed E-state index contributed by atoms with van der Waals surface area (Å²) >= 11 is 0. The molecule has 1 aliphatic heterocycles. The average Bonchev–Trinajstić information content (AvgIpc) is 3.29. The summed E-state index contributed by atoms with van der Waals surface area (Å²) in [5.41, 5.74) is 6.48. The van der Waals surface area contributed by atoms with Gasteiger partial charge in [-0.3, -0.25) is 9.20 Å². The molecular weight excluding hydrogens is 456 g/mol. The van der Waals surface area contributed by atoms with E-state index in [1.54, 1.807) is 41.8 Å². The van der Waals surface area contributed by atoms with Crippen molar-refractivity contribution in [1.29, 1.82) is 0 Å². The van der Waals surface area contributed by atoms with Crippen molar-refractivity contribution in [3.63, 3.8) is 0 Å². The van der Waals surface area contributed by atoms with Gasteiger partial charge in [0, 0.05) is 30.5 Å². The number of anilines is 2. The van der Waals surface area contributed by atoms with Gasteiger partial charge in [-0.25, -0.2) is 9.78 Å². The number of rotatable bonds is 6. The Balaban J connectivity index is 1.58. The third kappa shape index (κ3) is 4.09. The van der Waals surface area contributed by atoms with E-state index < -0.39 is 5.97 Å². The molecule has 0 bridgehead atoms. The zero-order valence-electron chi connectivity index (χ0n) is 20.4. The number of aliphatic hydroxyl groups excluding tert-OH is 1. The number of aliphatic hydroxyl groups is 1. The Morgan fingerprint density at radius 3 is 2.61 bits per heavy atom. The number of nitrogens with zero attached hydrogens (tertiary/aromatic N) is 3. The molecule has 0 unspecified atom stereocenters. The average molecular weight is 485 g/mol. The number of hydrogen-bond donors (Lipinski definition) is 3. The Bertz CT molecular complexity index is 1560. The summed E-state index contributed by atoms with van der Waals surface area (Å²) in [4.78, 5) is 32.2. The van der Waals surface area contributed by atoms with Crippen LogP contribution in [0.1, 0.15) is 56.7 Å². The third-order valence-corrected chi connectivity index (χ3v) is 6.76. The molecule has 5 rings (SSSR count). The predicted octanol–water partition coefficient (Wildman–Crippen LogP) is 4.20. The minimum Gasteiger partial charge on any atom is -0.478 e. The van der Waals surface area contributed by atoms with Gasteiger partial charge >= 0.3 is 5.97 Å². The smallest absolute Gasteiger partial charge is 0.337 e. The lowest BCUT2D eigenvalue weighted by Gasteiger charge is -2.23. The molecular formula is C28H28N4O4. The highest BCUT2D eigenvalue weighted by Crippen LogP contribution is 2.31. The van der Waals surface area contributed by atoms with Crippen LogP contribution in [-0.4, -0.2) is 25.6 Å². The van der Waals surface area contributed by atoms with Gasteiger partial charge in [0.2, 0.25) is 0 Å². The van der Waals surface area contributed by atoms with Crippen LogP contribution in [0.5, 0.6) is 0 Å². The first-order chi connectivity index (χ1) is 17.3. The Morgan fingerprint density at radius 2 is 1.86 bits per heavy atom. The van der Waals surface area contributed by atoms with Crippen molar-refractivity contribution in [2.75, 3.05) is 10.2 Å². The summed E-state index contributed by atoms with van der Waals surface area (Å²) < 4.78 is 1.58. The first kappa shape index (κ1) is 23.6. The summed E-state index contributed by atoms with van der Waals surface area (Å²) in [6.45, 7) is 6.87. The quantitative estimate of drug-likeness (QED) is 0.377. The number of benzene rings is 2. The second-order valence-corrected chi connectivity index (χ2v) is 9.37. The van der Waals surface area contributed by atoms with Crippen LogP contribution in [0.15, 0.2) is 59.5 Å². The van der Waals surface area contributed by atoms with E-state index in [0.717, 1.165) is 27.8 Å². The maximum atomic E-state index is 13.5. The maximum absolute atomic E-state index is 13.5. The van der Waals surface area contributed by atoms with Crippen LogP contribution in [0.25, 0.3) is 5.65 Å². The lowest BCUT2D eigenvalue weighted by Crippen LogP contribution is -2.27. The van der Waals surface area contributed by atoms with Gasteiger partial charge in [0.05, 0.1) is 23.8 Å². The molecule has 3 heterocycles. The van der Waals surface area contributed by atoms with E-state index in [1.165, 1.54) is 0 Å². The molecule has 184 valence electrons. The zero-order valence-corrected chi connectivity index (χ0v) is 20.4. The largest absolute Gasteiger partial charge is 0.478 e. The monoisotopic (exact) mass is 484 g/mol. The van der Waals surface area contributed by atoms with E-state index in [-0.39, 0.29) is 23.8 Å². The summed E-state index contributed by atoms with van der Waals surface area (Å²) in [5, 5.41) is 22.4. The first-order valence-electron chi connectivity index (χ1n) is 11.9. The lowest BCUT2D eigenvalue weighted by atomic mass is 10.1. The molecule has 3 N–H and O–H groups in total. The van der Waals surface area contributed by atoms with Crippen LogP contribution >= 0.6 is 0 Å². The highest BCUT2D eigenvalue weighted by atomic mass is 16.4. The molecule has 0 saturated heterocycles. The Kier molecular flexibility index (Phi) is 5.97. The molecule has 0 fully saturated rings. The van der Waals surface area contributed by atoms with Gasteiger partial charge in [-0.2, -0.15) is 0 Å². The maximum Gasteiger partial charge on any atom is 0.337 e. The molecule has 8 nitrogen and oxygen atoms in total. The number of pyridine rings is 1. The van der Waals surface area contributed by atoms with Crippen molar-refractivity contribution < 1.29 is 15.0 Å². The first-order valence-corrected chi connectivity index (χ1v) is 11.9. The summed E-state index contributed by atoms with van der Waals surface area (Å²) in [7, 11) is 0. The minimum atomic E-state index is -1.01. The number of aromatic nitrogens is 2. The molecule has 1 atom stereocenters. The van der Waals surface area contributed by atoms with Crippen LogP contribution in [-0.2, 0) is 19.7 Å². The van der Waals surface area contributed by atoms with E-state index in [9.17, 15) is 19.8 Å². The third-order valence-electron chi connectivity index (χ3n) is 6.76. The van der Waals surface area contributed by atoms with Gasteiger partial charge in [-0.05, 0) is 61.2 Å². The highest BCUT2D eigenvalue weighted by Gasteiger charge is 2.25. The lowest BCUT2D eigenvalue weighted by molar-refractivity contribution is 0.0698. The Labute approximate surface area is 208 Å². The van der Waals surface area contributed by atoms with E-state index >= 15 is 0 Å². The summed E-state index contributed by atoms with van der Waals surface area (Å²) in [6.07, 6.45) is 1.79. The normalized spacial score (nSPS) is 13.6. The Hall–Kier alpha value is -4.17. The summed E-state index contributed by atoms with van der Waals surface area (Å²) in [5.74, 6) is -0.380. The molecule has 0 saturated carbocycles. The summed E-state index contributed by atoms with van der Waals surface area (Å²) in [6, 6.07) is 14.4. The number of aryl methyl sites for hydroxylation is 1. The zero-order chi connectivity index (χ0) is 25.6. The molecule has 0 amide bonds. The molecule has 2 aromatic heterocycles. The fourth-order valence-corrected chi connectivity index (χ4v) is 4.91. The number of fused-ring (bicyclic) bond motifs is 2. The van der Waals surface area contributed by atoms with Crippen LogP contribution in [0.2, 0.25) is 0 Å². The molecule has 36 heavy (non-hydrogen) atoms. The molecule has 1 aliphatic rings. The molecule has 8 heteroatoms. The van der Waals surface area contributed by atoms with Crippen LogP contribution < -0.4 is 15.8 Å². The van der Waals surface area contributed by atoms with Gasteiger partial charge in [-0.1, -0.05) is 30.3 Å². The fraction of sp³-hybridized carbons (Fsp3) is 0.250. The number of aromatic carboxylic acids is 1. The van der Waals surface area contributed by atoms with Crippen molar-refractivity contribution in [3.05, 3.63) is 104 Å². The molecule has 2 aromatic carbocycles. The standard InChI is InChI=1S/C28H28N4O4/c1-16-10-23(18(3)29-24-7-5-4-6-22(24)28(35)36)26-30-25(17(2)27(34)32(26)12-16)31-13-20-9-8-19(15-33)11-21(20)14-31/h4-12,18,29,33H,13-15H2,1-3H3,(H,35,36)/t18-/m1/s1. The topological polar surface area (TPSA) is 107 Å². The van der Waals surface area contributed by atoms with E-state index in [4.69, 9.17) is 4.98 Å². The number of hydrogen-bond acceptors (Lipinski definition) is 6. The van der Waals surface area contributed by atoms with E-state index in [1.807, 2.05) is 38.1 Å². The van der Waals surface area contributed by atoms with Gasteiger partial charge in [0.1, 0.15) is 11.5 Å². The van der Waals surface area contributed by atoms with Gasteiger partial charge in [0.15, 0.2) is 0 Å². The van der Waals surface area contributed by atoms with Crippen LogP contribution in [0, 0.1) is 13.8 Å². The van der Waals surface area contributed by atoms with Gasteiger partial charge in [0.25, 0.3) is 5.56 Å². The van der Waals surface area contributed by atoms with Crippen molar-refractivity contribution in [3.8, 4) is 0 Å². The SMILES string of the molecule is Cc1cc([C@@H](C)Nc2ccccc2C(=O)O)c2nc(N3Cc4ccc(CO)cc4C3)c(C)c(=O)n2c1. The van der Waals surface area contributed by atoms with Crippen LogP contribution in [0.4, 0.5) is 11.5 Å². The molecule has 0 radical (unpaired) electrons. The predicted molar refractivity (Wildman–Crippen MR) is 139 cm³/mol. The molecule has 0 aliphatic carbocycles. The number of nitrogens with one attached hydrogen (secondary N) is 1. The second-order valence-electron chi connectivity index (χ2n) is 9.37. The fourth-order valence-electron chi connectivity index (χ4n) is 4.91. The van der Waals surface area contributed by atoms with Gasteiger partial charge < -0.3 is 20.4 Å². The second kappa shape index (κ2) is 9.13. The van der Waals surface area contributed by atoms with Crippen molar-refractivity contribution in [2.24, 2.45) is 0 Å². The van der Waals surface area contributed by atoms with E-state index in [0.29, 0.717) is 35.8 Å². The van der Waals surface area contributed by atoms with Crippen molar-refractivity contribution in [1.82, 2.24) is 9.38 Å².